The molecule has 9 heteroatoms. The normalized spacial score (nSPS) is 11.3. The van der Waals surface area contributed by atoms with E-state index in [1.54, 1.807) is 6.07 Å². The van der Waals surface area contributed by atoms with E-state index in [0.29, 0.717) is 11.1 Å². The number of oxazole rings is 1. The van der Waals surface area contributed by atoms with Crippen LogP contribution in [0.2, 0.25) is 0 Å². The van der Waals surface area contributed by atoms with Crippen LogP contribution >= 0.6 is 0 Å². The molecule has 1 heterocycles. The third kappa shape index (κ3) is 3.94. The number of rotatable bonds is 7. The molecule has 0 spiro atoms. The first-order valence-electron chi connectivity index (χ1n) is 7.69. The van der Waals surface area contributed by atoms with Crippen LogP contribution in [0.25, 0.3) is 11.1 Å². The van der Waals surface area contributed by atoms with Crippen molar-refractivity contribution in [3.05, 3.63) is 65.1 Å². The Morgan fingerprint density at radius 2 is 2.00 bits per heavy atom. The van der Waals surface area contributed by atoms with Crippen LogP contribution in [0.5, 0.6) is 0 Å². The van der Waals surface area contributed by atoms with Crippen LogP contribution in [-0.2, 0) is 17.3 Å². The second-order valence-electron chi connectivity index (χ2n) is 5.56. The van der Waals surface area contributed by atoms with Crippen molar-refractivity contribution >= 4 is 27.8 Å². The number of ketones is 1. The lowest BCUT2D eigenvalue weighted by Gasteiger charge is -2.09. The Labute approximate surface area is 148 Å². The maximum atomic E-state index is 14.7. The second-order valence-corrected chi connectivity index (χ2v) is 6.39. The van der Waals surface area contributed by atoms with E-state index in [4.69, 9.17) is 4.42 Å². The first-order chi connectivity index (χ1) is 12.5. The molecule has 6 nitrogen and oxygen atoms in total. The van der Waals surface area contributed by atoms with Crippen molar-refractivity contribution in [1.29, 1.82) is 0 Å². The van der Waals surface area contributed by atoms with Crippen LogP contribution in [0.3, 0.4) is 0 Å². The maximum absolute atomic E-state index is 14.7. The summed E-state index contributed by atoms with van der Waals surface area (Å²) in [6.07, 6.45) is 1.58. The van der Waals surface area contributed by atoms with Crippen LogP contribution < -0.4 is 4.72 Å². The number of aryl methyl sites for hydroxylation is 1. The first kappa shape index (κ1) is 18.2. The average molecular weight is 380 g/mol. The van der Waals surface area contributed by atoms with Gasteiger partial charge in [0.1, 0.15) is 17.2 Å². The van der Waals surface area contributed by atoms with Crippen LogP contribution in [0.1, 0.15) is 27.9 Å². The lowest BCUT2D eigenvalue weighted by molar-refractivity contribution is 0.103. The number of hydrogen-bond donors (Lipinski definition) is 2. The summed E-state index contributed by atoms with van der Waals surface area (Å²) in [5, 5.41) is 0. The quantitative estimate of drug-likeness (QED) is 0.373. The number of thiol groups is 1. The van der Waals surface area contributed by atoms with Gasteiger partial charge in [0, 0.05) is 12.1 Å². The Bertz CT molecular complexity index is 1040. The number of carbonyl (C=O) groups excluding carboxylic acids is 1. The van der Waals surface area contributed by atoms with Gasteiger partial charge >= 0.3 is 0 Å². The van der Waals surface area contributed by atoms with Crippen molar-refractivity contribution in [3.8, 4) is 0 Å². The van der Waals surface area contributed by atoms with E-state index in [-0.39, 0.29) is 36.1 Å². The number of halogens is 2. The lowest BCUT2D eigenvalue weighted by atomic mass is 9.98. The Balaban J connectivity index is 1.87. The summed E-state index contributed by atoms with van der Waals surface area (Å²) in [5.41, 5.74) is 0.685. The van der Waals surface area contributed by atoms with Crippen LogP contribution in [0.15, 0.2) is 41.1 Å². The fourth-order valence-electron chi connectivity index (χ4n) is 2.59. The third-order valence-electron chi connectivity index (χ3n) is 3.81. The molecule has 2 aromatic carbocycles. The van der Waals surface area contributed by atoms with Gasteiger partial charge in [-0.05, 0) is 48.7 Å². The molecular formula is C17H14F2N2O4S. The van der Waals surface area contributed by atoms with E-state index in [9.17, 15) is 22.0 Å². The molecule has 1 aromatic heterocycles. The minimum atomic E-state index is -2.74. The van der Waals surface area contributed by atoms with Crippen LogP contribution in [0.4, 0.5) is 8.78 Å². The number of benzene rings is 2. The second kappa shape index (κ2) is 7.71. The number of hydrogen-bond acceptors (Lipinski definition) is 5. The summed E-state index contributed by atoms with van der Waals surface area (Å²) in [6.45, 7) is 0.0973. The molecule has 3 aromatic rings. The topological polar surface area (TPSA) is 89.3 Å². The van der Waals surface area contributed by atoms with Gasteiger partial charge in [0.25, 0.3) is 0 Å². The molecule has 0 radical (unpaired) electrons. The van der Waals surface area contributed by atoms with Crippen molar-refractivity contribution in [2.45, 2.75) is 12.8 Å². The summed E-state index contributed by atoms with van der Waals surface area (Å²) in [6, 6.07) is 6.29. The average Bonchev–Trinajstić information content (AvgIpc) is 3.08. The molecule has 0 aliphatic carbocycles. The molecule has 0 fully saturated rings. The fraction of sp³-hybridized carbons (Fsp3) is 0.176. The smallest absolute Gasteiger partial charge is 0.201 e. The van der Waals surface area contributed by atoms with Crippen molar-refractivity contribution in [2.24, 2.45) is 0 Å². The Kier molecular flexibility index (Phi) is 5.38. The minimum absolute atomic E-state index is 0.0111. The predicted molar refractivity (Wildman–Crippen MR) is 90.4 cm³/mol. The SMILES string of the molecule is O=C(c1ccc2ncoc2c1)c1cc(F)cc(CCCN[SH](=O)=O)c1F. The van der Waals surface area contributed by atoms with Gasteiger partial charge in [0.2, 0.25) is 10.9 Å². The maximum Gasteiger partial charge on any atom is 0.201 e. The van der Waals surface area contributed by atoms with E-state index >= 15 is 0 Å². The van der Waals surface area contributed by atoms with Gasteiger partial charge in [-0.25, -0.2) is 26.9 Å². The number of aromatic nitrogens is 1. The Morgan fingerprint density at radius 3 is 2.77 bits per heavy atom. The van der Waals surface area contributed by atoms with Gasteiger partial charge in [-0.2, -0.15) is 0 Å². The van der Waals surface area contributed by atoms with Gasteiger partial charge in [0.15, 0.2) is 17.8 Å². The third-order valence-corrected chi connectivity index (χ3v) is 4.30. The Hall–Kier alpha value is -2.65. The highest BCUT2D eigenvalue weighted by molar-refractivity contribution is 7.70. The highest BCUT2D eigenvalue weighted by atomic mass is 32.2. The zero-order valence-electron chi connectivity index (χ0n) is 13.4. The van der Waals surface area contributed by atoms with Gasteiger partial charge in [-0.3, -0.25) is 4.79 Å². The molecule has 136 valence electrons. The molecule has 0 bridgehead atoms. The number of fused-ring (bicyclic) bond motifs is 1. The van der Waals surface area contributed by atoms with Crippen LogP contribution in [-0.4, -0.2) is 25.7 Å². The fourth-order valence-corrected chi connectivity index (χ4v) is 2.93. The largest absolute Gasteiger partial charge is 0.443 e. The summed E-state index contributed by atoms with van der Waals surface area (Å²) in [7, 11) is -2.74. The molecule has 0 atom stereocenters. The van der Waals surface area contributed by atoms with E-state index in [1.165, 1.54) is 18.5 Å². The number of nitrogens with zero attached hydrogens (tertiary/aromatic N) is 1. The van der Waals surface area contributed by atoms with Gasteiger partial charge in [-0.1, -0.05) is 0 Å². The molecule has 0 aliphatic rings. The van der Waals surface area contributed by atoms with E-state index in [2.05, 4.69) is 9.71 Å². The first-order valence-corrected chi connectivity index (χ1v) is 8.87. The van der Waals surface area contributed by atoms with Crippen LogP contribution in [0, 0.1) is 11.6 Å². The minimum Gasteiger partial charge on any atom is -0.443 e. The summed E-state index contributed by atoms with van der Waals surface area (Å²) in [4.78, 5) is 16.5. The highest BCUT2D eigenvalue weighted by Gasteiger charge is 2.19. The molecule has 3 rings (SSSR count). The molecular weight excluding hydrogens is 366 g/mol. The van der Waals surface area contributed by atoms with Gasteiger partial charge in [-0.15, -0.1) is 0 Å². The van der Waals surface area contributed by atoms with Crippen molar-refractivity contribution in [2.75, 3.05) is 6.54 Å². The molecule has 0 saturated heterocycles. The molecule has 0 unspecified atom stereocenters. The van der Waals surface area contributed by atoms with Crippen molar-refractivity contribution in [3.63, 3.8) is 0 Å². The summed E-state index contributed by atoms with van der Waals surface area (Å²) >= 11 is 0. The molecule has 1 N–H and O–H groups in total. The van der Waals surface area contributed by atoms with E-state index < -0.39 is 28.3 Å². The standard InChI is InChI=1S/C17H14F2N2O4S/c18-12-6-10(2-1-5-21-26(23)24)16(19)13(8-12)17(22)11-3-4-14-15(7-11)25-9-20-14/h3-4,6-9,26H,1-2,5H2,(H,21,23,24). The monoisotopic (exact) mass is 380 g/mol. The van der Waals surface area contributed by atoms with Crippen molar-refractivity contribution < 1.29 is 26.4 Å². The molecule has 26 heavy (non-hydrogen) atoms. The molecule has 0 amide bonds. The van der Waals surface area contributed by atoms with Gasteiger partial charge < -0.3 is 4.42 Å². The highest BCUT2D eigenvalue weighted by Crippen LogP contribution is 2.22. The number of nitrogens with one attached hydrogen (secondary N) is 1. The lowest BCUT2D eigenvalue weighted by Crippen LogP contribution is -2.14. The zero-order valence-corrected chi connectivity index (χ0v) is 14.3. The Morgan fingerprint density at radius 1 is 1.19 bits per heavy atom. The number of carbonyl (C=O) groups is 1. The summed E-state index contributed by atoms with van der Waals surface area (Å²) in [5.74, 6) is -2.24. The molecule has 0 aliphatic heterocycles. The van der Waals surface area contributed by atoms with Crippen molar-refractivity contribution in [1.82, 2.24) is 9.71 Å². The summed E-state index contributed by atoms with van der Waals surface area (Å²) < 4.78 is 56.7. The van der Waals surface area contributed by atoms with E-state index in [0.717, 1.165) is 12.1 Å². The van der Waals surface area contributed by atoms with Gasteiger partial charge in [0.05, 0.1) is 5.56 Å². The zero-order chi connectivity index (χ0) is 18.7. The predicted octanol–water partition coefficient (Wildman–Crippen LogP) is 2.39. The van der Waals surface area contributed by atoms with E-state index in [1.807, 2.05) is 0 Å². The molecule has 0 saturated carbocycles.